The highest BCUT2D eigenvalue weighted by Crippen LogP contribution is 2.39. The molecule has 9 heteroatoms. The number of carboxylic acids is 1. The SMILES string of the molecule is COc1cc(/C=C2\SC(=Nc3ccccc3)N(Cc3ccc(C(=O)O)cc3)C2=O)c(Br)cc1OCc1cccc(C)c1. The Morgan fingerprint density at radius 1 is 0.976 bits per heavy atom. The average Bonchev–Trinajstić information content (AvgIpc) is 3.26. The molecule has 1 saturated heterocycles. The maximum Gasteiger partial charge on any atom is 0.335 e. The Hall–Kier alpha value is -4.34. The van der Waals surface area contributed by atoms with Crippen molar-refractivity contribution >= 4 is 56.5 Å². The van der Waals surface area contributed by atoms with Gasteiger partial charge in [-0.1, -0.05) is 76.1 Å². The number of nitrogens with zero attached hydrogens (tertiary/aromatic N) is 2. The third-order valence-electron chi connectivity index (χ3n) is 6.46. The second-order valence-electron chi connectivity index (χ2n) is 9.54. The Morgan fingerprint density at radius 3 is 2.43 bits per heavy atom. The summed E-state index contributed by atoms with van der Waals surface area (Å²) in [7, 11) is 1.58. The molecule has 1 heterocycles. The van der Waals surface area contributed by atoms with E-state index in [0.29, 0.717) is 28.2 Å². The highest BCUT2D eigenvalue weighted by Gasteiger charge is 2.34. The number of carboxylic acid groups (broad SMARTS) is 1. The van der Waals surface area contributed by atoms with Gasteiger partial charge in [-0.05, 0) is 77.9 Å². The Labute approximate surface area is 256 Å². The summed E-state index contributed by atoms with van der Waals surface area (Å²) in [4.78, 5) is 31.8. The van der Waals surface area contributed by atoms with Gasteiger partial charge in [0, 0.05) is 4.47 Å². The topological polar surface area (TPSA) is 88.4 Å². The molecule has 1 fully saturated rings. The van der Waals surface area contributed by atoms with Crippen molar-refractivity contribution in [2.24, 2.45) is 4.99 Å². The Bertz CT molecular complexity index is 1690. The number of amides is 1. The van der Waals surface area contributed by atoms with Gasteiger partial charge in [0.15, 0.2) is 16.7 Å². The third kappa shape index (κ3) is 6.92. The molecule has 212 valence electrons. The van der Waals surface area contributed by atoms with Crippen LogP contribution in [-0.4, -0.2) is 34.2 Å². The van der Waals surface area contributed by atoms with Crippen LogP contribution in [0.2, 0.25) is 0 Å². The average molecular weight is 644 g/mol. The lowest BCUT2D eigenvalue weighted by Gasteiger charge is -2.16. The third-order valence-corrected chi connectivity index (χ3v) is 8.15. The molecular weight excluding hydrogens is 616 g/mol. The molecule has 0 bridgehead atoms. The van der Waals surface area contributed by atoms with Crippen LogP contribution in [0.25, 0.3) is 6.08 Å². The molecule has 1 amide bonds. The van der Waals surface area contributed by atoms with Crippen molar-refractivity contribution in [2.45, 2.75) is 20.1 Å². The Balaban J connectivity index is 1.43. The van der Waals surface area contributed by atoms with Crippen LogP contribution in [0.5, 0.6) is 11.5 Å². The predicted molar refractivity (Wildman–Crippen MR) is 169 cm³/mol. The first-order valence-electron chi connectivity index (χ1n) is 13.0. The van der Waals surface area contributed by atoms with Crippen molar-refractivity contribution in [1.29, 1.82) is 0 Å². The van der Waals surface area contributed by atoms with Crippen LogP contribution in [0.1, 0.15) is 32.6 Å². The van der Waals surface area contributed by atoms with Gasteiger partial charge in [-0.2, -0.15) is 0 Å². The molecule has 5 rings (SSSR count). The summed E-state index contributed by atoms with van der Waals surface area (Å²) in [5.41, 5.74) is 4.65. The zero-order chi connectivity index (χ0) is 29.6. The molecule has 42 heavy (non-hydrogen) atoms. The number of para-hydroxylation sites is 1. The molecule has 1 aliphatic heterocycles. The molecule has 0 unspecified atom stereocenters. The molecule has 0 radical (unpaired) electrons. The summed E-state index contributed by atoms with van der Waals surface area (Å²) in [6, 6.07) is 27.7. The summed E-state index contributed by atoms with van der Waals surface area (Å²) in [5.74, 6) is -0.0842. The fourth-order valence-electron chi connectivity index (χ4n) is 4.32. The molecule has 1 aliphatic rings. The van der Waals surface area contributed by atoms with Gasteiger partial charge in [-0.3, -0.25) is 9.69 Å². The number of aromatic carboxylic acids is 1. The van der Waals surface area contributed by atoms with E-state index in [9.17, 15) is 14.7 Å². The minimum Gasteiger partial charge on any atom is -0.493 e. The quantitative estimate of drug-likeness (QED) is 0.187. The van der Waals surface area contributed by atoms with E-state index < -0.39 is 5.97 Å². The molecule has 0 saturated carbocycles. The number of ether oxygens (including phenoxy) is 2. The van der Waals surface area contributed by atoms with Crippen molar-refractivity contribution < 1.29 is 24.2 Å². The van der Waals surface area contributed by atoms with Crippen molar-refractivity contribution in [1.82, 2.24) is 4.90 Å². The second kappa shape index (κ2) is 13.1. The smallest absolute Gasteiger partial charge is 0.335 e. The first-order valence-corrected chi connectivity index (χ1v) is 14.6. The van der Waals surface area contributed by atoms with Crippen molar-refractivity contribution in [3.8, 4) is 11.5 Å². The van der Waals surface area contributed by atoms with Gasteiger partial charge in [0.05, 0.1) is 29.8 Å². The van der Waals surface area contributed by atoms with E-state index in [1.165, 1.54) is 23.9 Å². The summed E-state index contributed by atoms with van der Waals surface area (Å²) in [6.45, 7) is 2.67. The molecule has 4 aromatic carbocycles. The van der Waals surface area contributed by atoms with Crippen molar-refractivity contribution in [3.05, 3.63) is 128 Å². The molecule has 0 aliphatic carbocycles. The van der Waals surface area contributed by atoms with Gasteiger partial charge >= 0.3 is 5.97 Å². The number of carbonyl (C=O) groups is 2. The summed E-state index contributed by atoms with van der Waals surface area (Å²) < 4.78 is 12.4. The standard InChI is InChI=1S/C33H27BrN2O5S/c1-21-7-6-8-23(15-21)20-41-29-18-27(34)25(16-28(29)40-2)17-30-31(37)36(19-22-11-13-24(14-12-22)32(38)39)33(42-30)35-26-9-4-3-5-10-26/h3-18H,19-20H2,1-2H3,(H,38,39)/b30-17-,35-33?. The molecule has 0 spiro atoms. The largest absolute Gasteiger partial charge is 0.493 e. The molecule has 1 N–H and O–H groups in total. The lowest BCUT2D eigenvalue weighted by Crippen LogP contribution is -2.28. The lowest BCUT2D eigenvalue weighted by molar-refractivity contribution is -0.122. The number of methoxy groups -OCH3 is 1. The van der Waals surface area contributed by atoms with Crippen LogP contribution in [0.4, 0.5) is 5.69 Å². The van der Waals surface area contributed by atoms with Crippen LogP contribution < -0.4 is 9.47 Å². The highest BCUT2D eigenvalue weighted by molar-refractivity contribution is 9.10. The first-order chi connectivity index (χ1) is 20.3. The molecule has 0 aromatic heterocycles. The van der Waals surface area contributed by atoms with E-state index in [4.69, 9.17) is 14.5 Å². The van der Waals surface area contributed by atoms with Crippen LogP contribution in [0.3, 0.4) is 0 Å². The van der Waals surface area contributed by atoms with Crippen molar-refractivity contribution in [2.75, 3.05) is 7.11 Å². The fraction of sp³-hybridized carbons (Fsp3) is 0.121. The van der Waals surface area contributed by atoms with Gasteiger partial charge in [-0.15, -0.1) is 0 Å². The molecular formula is C33H27BrN2O5S. The zero-order valence-corrected chi connectivity index (χ0v) is 25.3. The number of amidine groups is 1. The van der Waals surface area contributed by atoms with E-state index in [-0.39, 0.29) is 18.0 Å². The van der Waals surface area contributed by atoms with Crippen LogP contribution >= 0.6 is 27.7 Å². The van der Waals surface area contributed by atoms with Crippen LogP contribution in [-0.2, 0) is 17.9 Å². The van der Waals surface area contributed by atoms with E-state index >= 15 is 0 Å². The molecule has 7 nitrogen and oxygen atoms in total. The van der Waals surface area contributed by atoms with E-state index in [2.05, 4.69) is 22.0 Å². The Morgan fingerprint density at radius 2 is 1.74 bits per heavy atom. The monoisotopic (exact) mass is 642 g/mol. The number of hydrogen-bond donors (Lipinski definition) is 1. The summed E-state index contributed by atoms with van der Waals surface area (Å²) in [6.07, 6.45) is 1.80. The number of halogens is 1. The Kier molecular flexibility index (Phi) is 9.09. The summed E-state index contributed by atoms with van der Waals surface area (Å²) >= 11 is 4.92. The number of carbonyl (C=O) groups excluding carboxylic acids is 1. The fourth-order valence-corrected chi connectivity index (χ4v) is 5.74. The van der Waals surface area contributed by atoms with Gasteiger partial charge < -0.3 is 14.6 Å². The van der Waals surface area contributed by atoms with Crippen molar-refractivity contribution in [3.63, 3.8) is 0 Å². The minimum absolute atomic E-state index is 0.185. The second-order valence-corrected chi connectivity index (χ2v) is 11.4. The first kappa shape index (κ1) is 29.2. The highest BCUT2D eigenvalue weighted by atomic mass is 79.9. The van der Waals surface area contributed by atoms with E-state index in [1.54, 1.807) is 30.2 Å². The molecule has 0 atom stereocenters. The predicted octanol–water partition coefficient (Wildman–Crippen LogP) is 7.85. The number of thioether (sulfide) groups is 1. The normalized spacial score (nSPS) is 14.9. The van der Waals surface area contributed by atoms with Gasteiger partial charge in [0.1, 0.15) is 6.61 Å². The van der Waals surface area contributed by atoms with Crippen LogP contribution in [0, 0.1) is 6.92 Å². The van der Waals surface area contributed by atoms with Gasteiger partial charge in [0.25, 0.3) is 5.91 Å². The number of hydrogen-bond acceptors (Lipinski definition) is 6. The number of aryl methyl sites for hydroxylation is 1. The number of benzene rings is 4. The molecule has 4 aromatic rings. The van der Waals surface area contributed by atoms with Gasteiger partial charge in [0.2, 0.25) is 0 Å². The summed E-state index contributed by atoms with van der Waals surface area (Å²) in [5, 5.41) is 9.77. The van der Waals surface area contributed by atoms with Gasteiger partial charge in [-0.25, -0.2) is 9.79 Å². The number of aliphatic imine (C=N–C) groups is 1. The maximum atomic E-state index is 13.7. The van der Waals surface area contributed by atoms with E-state index in [1.807, 2.05) is 67.6 Å². The van der Waals surface area contributed by atoms with Crippen LogP contribution in [0.15, 0.2) is 105 Å². The maximum absolute atomic E-state index is 13.7. The van der Waals surface area contributed by atoms with E-state index in [0.717, 1.165) is 32.4 Å². The lowest BCUT2D eigenvalue weighted by atomic mass is 10.1. The number of rotatable bonds is 9. The minimum atomic E-state index is -1.00. The zero-order valence-electron chi connectivity index (χ0n) is 22.9.